The SMILES string of the molecule is Cc1cc(C)c2nc(NC(=O)Cc3ccc4c(c3)OCO4)sc2c1. The number of thiazole rings is 1. The standard InChI is InChI=1S/C18H16N2O3S/c1-10-5-11(2)17-15(6-10)24-18(20-17)19-16(21)8-12-3-4-13-14(7-12)23-9-22-13/h3-7H,8-9H2,1-2H3,(H,19,20,21). The van der Waals surface area contributed by atoms with Crippen LogP contribution in [0.2, 0.25) is 0 Å². The van der Waals surface area contributed by atoms with Crippen LogP contribution in [0, 0.1) is 13.8 Å². The Morgan fingerprint density at radius 3 is 2.92 bits per heavy atom. The van der Waals surface area contributed by atoms with Crippen LogP contribution in [0.1, 0.15) is 16.7 Å². The predicted octanol–water partition coefficient (Wildman–Crippen LogP) is 3.82. The molecular weight excluding hydrogens is 324 g/mol. The van der Waals surface area contributed by atoms with Gasteiger partial charge in [-0.1, -0.05) is 23.5 Å². The quantitative estimate of drug-likeness (QED) is 0.787. The minimum atomic E-state index is -0.0951. The zero-order chi connectivity index (χ0) is 16.7. The monoisotopic (exact) mass is 340 g/mol. The first-order chi connectivity index (χ1) is 11.6. The summed E-state index contributed by atoms with van der Waals surface area (Å²) < 4.78 is 11.7. The highest BCUT2D eigenvalue weighted by atomic mass is 32.1. The molecule has 0 saturated heterocycles. The van der Waals surface area contributed by atoms with Gasteiger partial charge in [0.1, 0.15) is 0 Å². The predicted molar refractivity (Wildman–Crippen MR) is 94.0 cm³/mol. The number of carbonyl (C=O) groups excluding carboxylic acids is 1. The number of amides is 1. The maximum atomic E-state index is 12.3. The molecule has 1 aromatic heterocycles. The Balaban J connectivity index is 1.51. The summed E-state index contributed by atoms with van der Waals surface area (Å²) >= 11 is 1.50. The number of carbonyl (C=O) groups is 1. The summed E-state index contributed by atoms with van der Waals surface area (Å²) in [7, 11) is 0. The molecule has 5 nitrogen and oxygen atoms in total. The number of rotatable bonds is 3. The van der Waals surface area contributed by atoms with Crippen molar-refractivity contribution in [2.45, 2.75) is 20.3 Å². The van der Waals surface area contributed by atoms with Crippen molar-refractivity contribution in [2.75, 3.05) is 12.1 Å². The average molecular weight is 340 g/mol. The fourth-order valence-corrected chi connectivity index (χ4v) is 3.88. The van der Waals surface area contributed by atoms with Gasteiger partial charge in [0.2, 0.25) is 12.7 Å². The van der Waals surface area contributed by atoms with Crippen molar-refractivity contribution in [3.8, 4) is 11.5 Å². The number of nitrogens with one attached hydrogen (secondary N) is 1. The number of hydrogen-bond donors (Lipinski definition) is 1. The van der Waals surface area contributed by atoms with Gasteiger partial charge in [-0.15, -0.1) is 0 Å². The van der Waals surface area contributed by atoms with E-state index in [4.69, 9.17) is 9.47 Å². The number of ether oxygens (including phenoxy) is 2. The molecule has 0 bridgehead atoms. The van der Waals surface area contributed by atoms with Crippen molar-refractivity contribution < 1.29 is 14.3 Å². The Bertz CT molecular complexity index is 949. The lowest BCUT2D eigenvalue weighted by Crippen LogP contribution is -2.14. The lowest BCUT2D eigenvalue weighted by atomic mass is 10.1. The molecule has 122 valence electrons. The van der Waals surface area contributed by atoms with Gasteiger partial charge in [0.05, 0.1) is 16.6 Å². The molecule has 0 spiro atoms. The van der Waals surface area contributed by atoms with Crippen molar-refractivity contribution in [1.82, 2.24) is 4.98 Å². The molecule has 0 unspecified atom stereocenters. The summed E-state index contributed by atoms with van der Waals surface area (Å²) in [6.45, 7) is 4.33. The highest BCUT2D eigenvalue weighted by molar-refractivity contribution is 7.22. The summed E-state index contributed by atoms with van der Waals surface area (Å²) in [4.78, 5) is 16.8. The number of fused-ring (bicyclic) bond motifs is 2. The summed E-state index contributed by atoms with van der Waals surface area (Å²) in [6.07, 6.45) is 0.268. The Morgan fingerprint density at radius 2 is 2.04 bits per heavy atom. The van der Waals surface area contributed by atoms with Crippen LogP contribution >= 0.6 is 11.3 Å². The zero-order valence-electron chi connectivity index (χ0n) is 13.4. The van der Waals surface area contributed by atoms with Crippen LogP contribution in [0.4, 0.5) is 5.13 Å². The van der Waals surface area contributed by atoms with Gasteiger partial charge >= 0.3 is 0 Å². The number of hydrogen-bond acceptors (Lipinski definition) is 5. The molecule has 0 radical (unpaired) electrons. The fourth-order valence-electron chi connectivity index (χ4n) is 2.82. The first-order valence-electron chi connectivity index (χ1n) is 7.65. The molecule has 6 heteroatoms. The van der Waals surface area contributed by atoms with Crippen molar-refractivity contribution in [3.63, 3.8) is 0 Å². The molecule has 24 heavy (non-hydrogen) atoms. The Hall–Kier alpha value is -2.60. The van der Waals surface area contributed by atoms with Gasteiger partial charge in [0.15, 0.2) is 16.6 Å². The summed E-state index contributed by atoms with van der Waals surface area (Å²) in [5.74, 6) is 1.31. The van der Waals surface area contributed by atoms with Gasteiger partial charge in [0.25, 0.3) is 0 Å². The van der Waals surface area contributed by atoms with E-state index in [1.807, 2.05) is 25.1 Å². The van der Waals surface area contributed by atoms with Crippen molar-refractivity contribution in [2.24, 2.45) is 0 Å². The third kappa shape index (κ3) is 2.80. The molecule has 1 amide bonds. The van der Waals surface area contributed by atoms with Gasteiger partial charge in [-0.3, -0.25) is 4.79 Å². The summed E-state index contributed by atoms with van der Waals surface area (Å²) in [5, 5.41) is 3.52. The summed E-state index contributed by atoms with van der Waals surface area (Å²) in [5.41, 5.74) is 4.15. The van der Waals surface area contributed by atoms with E-state index >= 15 is 0 Å². The van der Waals surface area contributed by atoms with Gasteiger partial charge in [-0.05, 0) is 48.7 Å². The Labute approximate surface area is 143 Å². The molecule has 1 aliphatic rings. The highest BCUT2D eigenvalue weighted by Crippen LogP contribution is 2.33. The van der Waals surface area contributed by atoms with Gasteiger partial charge < -0.3 is 14.8 Å². The van der Waals surface area contributed by atoms with E-state index in [-0.39, 0.29) is 19.1 Å². The maximum absolute atomic E-state index is 12.3. The molecule has 0 saturated carbocycles. The van der Waals surface area contributed by atoms with E-state index in [1.165, 1.54) is 16.9 Å². The van der Waals surface area contributed by atoms with E-state index in [1.54, 1.807) is 0 Å². The number of nitrogens with zero attached hydrogens (tertiary/aromatic N) is 1. The van der Waals surface area contributed by atoms with Crippen LogP contribution in [0.25, 0.3) is 10.2 Å². The third-order valence-electron chi connectivity index (χ3n) is 3.88. The smallest absolute Gasteiger partial charge is 0.231 e. The average Bonchev–Trinajstić information content (AvgIpc) is 3.12. The van der Waals surface area contributed by atoms with E-state index in [2.05, 4.69) is 29.4 Å². The van der Waals surface area contributed by atoms with E-state index in [0.717, 1.165) is 27.1 Å². The van der Waals surface area contributed by atoms with Crippen LogP contribution in [-0.2, 0) is 11.2 Å². The van der Waals surface area contributed by atoms with E-state index in [9.17, 15) is 4.79 Å². The molecule has 1 N–H and O–H groups in total. The summed E-state index contributed by atoms with van der Waals surface area (Å²) in [6, 6.07) is 9.73. The Morgan fingerprint density at radius 1 is 1.21 bits per heavy atom. The minimum Gasteiger partial charge on any atom is -0.454 e. The van der Waals surface area contributed by atoms with Crippen molar-refractivity contribution >= 4 is 32.6 Å². The van der Waals surface area contributed by atoms with E-state index < -0.39 is 0 Å². The second-order valence-electron chi connectivity index (χ2n) is 5.86. The second-order valence-corrected chi connectivity index (χ2v) is 6.89. The van der Waals surface area contributed by atoms with Crippen LogP contribution in [-0.4, -0.2) is 17.7 Å². The maximum Gasteiger partial charge on any atom is 0.231 e. The topological polar surface area (TPSA) is 60.5 Å². The molecule has 1 aliphatic heterocycles. The molecule has 0 fully saturated rings. The van der Waals surface area contributed by atoms with Gasteiger partial charge in [-0.25, -0.2) is 4.98 Å². The van der Waals surface area contributed by atoms with Crippen molar-refractivity contribution in [1.29, 1.82) is 0 Å². The van der Waals surface area contributed by atoms with Crippen LogP contribution in [0.15, 0.2) is 30.3 Å². The zero-order valence-corrected chi connectivity index (χ0v) is 14.2. The first-order valence-corrected chi connectivity index (χ1v) is 8.46. The minimum absolute atomic E-state index is 0.0951. The molecule has 0 atom stereocenters. The fraction of sp³-hybridized carbons (Fsp3) is 0.222. The number of benzene rings is 2. The normalized spacial score (nSPS) is 12.6. The van der Waals surface area contributed by atoms with Gasteiger partial charge in [-0.2, -0.15) is 0 Å². The molecule has 2 aromatic carbocycles. The molecular formula is C18H16N2O3S. The molecule has 3 aromatic rings. The van der Waals surface area contributed by atoms with Crippen LogP contribution in [0.5, 0.6) is 11.5 Å². The molecule has 0 aliphatic carbocycles. The lowest BCUT2D eigenvalue weighted by molar-refractivity contribution is -0.115. The van der Waals surface area contributed by atoms with E-state index in [0.29, 0.717) is 10.9 Å². The van der Waals surface area contributed by atoms with Crippen LogP contribution in [0.3, 0.4) is 0 Å². The second kappa shape index (κ2) is 5.79. The number of aromatic nitrogens is 1. The van der Waals surface area contributed by atoms with Crippen LogP contribution < -0.4 is 14.8 Å². The number of anilines is 1. The van der Waals surface area contributed by atoms with Gasteiger partial charge in [0, 0.05) is 0 Å². The third-order valence-corrected chi connectivity index (χ3v) is 4.80. The van der Waals surface area contributed by atoms with Crippen molar-refractivity contribution in [3.05, 3.63) is 47.0 Å². The Kier molecular flexibility index (Phi) is 3.61. The molecule has 4 rings (SSSR count). The number of aryl methyl sites for hydroxylation is 2. The lowest BCUT2D eigenvalue weighted by Gasteiger charge is -2.03. The molecule has 2 heterocycles. The first kappa shape index (κ1) is 15.0. The highest BCUT2D eigenvalue weighted by Gasteiger charge is 2.15. The largest absolute Gasteiger partial charge is 0.454 e.